The smallest absolute Gasteiger partial charge is 0.238 e. The topological polar surface area (TPSA) is 52.6 Å². The first-order chi connectivity index (χ1) is 8.67. The van der Waals surface area contributed by atoms with Crippen molar-refractivity contribution >= 4 is 11.6 Å². The van der Waals surface area contributed by atoms with E-state index in [0.717, 1.165) is 0 Å². The number of nitrogens with one attached hydrogen (secondary N) is 1. The Hall–Kier alpha value is -1.46. The van der Waals surface area contributed by atoms with Gasteiger partial charge in [0.2, 0.25) is 5.91 Å². The molecule has 0 atom stereocenters. The SMILES string of the molecule is Cc1ccc(NC(=O)CN(C)CC(C)(C)O)cc1F. The van der Waals surface area contributed by atoms with Gasteiger partial charge in [0.1, 0.15) is 5.82 Å². The average molecular weight is 268 g/mol. The molecular formula is C14H21FN2O2. The summed E-state index contributed by atoms with van der Waals surface area (Å²) in [7, 11) is 1.74. The lowest BCUT2D eigenvalue weighted by molar-refractivity contribution is -0.117. The molecule has 0 fully saturated rings. The van der Waals surface area contributed by atoms with Gasteiger partial charge in [-0.3, -0.25) is 9.69 Å². The highest BCUT2D eigenvalue weighted by Crippen LogP contribution is 2.13. The number of hydrogen-bond donors (Lipinski definition) is 2. The maximum atomic E-state index is 13.3. The molecule has 0 aliphatic rings. The van der Waals surface area contributed by atoms with Gasteiger partial charge in [0, 0.05) is 12.2 Å². The van der Waals surface area contributed by atoms with E-state index in [2.05, 4.69) is 5.32 Å². The zero-order valence-corrected chi connectivity index (χ0v) is 11.8. The van der Waals surface area contributed by atoms with Crippen LogP contribution in [0.5, 0.6) is 0 Å². The molecule has 0 saturated heterocycles. The van der Waals surface area contributed by atoms with Crippen molar-refractivity contribution in [1.29, 1.82) is 0 Å². The van der Waals surface area contributed by atoms with E-state index in [4.69, 9.17) is 0 Å². The minimum absolute atomic E-state index is 0.138. The molecule has 0 bridgehead atoms. The fourth-order valence-corrected chi connectivity index (χ4v) is 1.83. The van der Waals surface area contributed by atoms with Gasteiger partial charge in [-0.15, -0.1) is 0 Å². The predicted octanol–water partition coefficient (Wildman–Crippen LogP) is 1.78. The van der Waals surface area contributed by atoms with Crippen LogP contribution in [0.3, 0.4) is 0 Å². The number of rotatable bonds is 5. The predicted molar refractivity (Wildman–Crippen MR) is 73.6 cm³/mol. The van der Waals surface area contributed by atoms with Crippen LogP contribution in [0.1, 0.15) is 19.4 Å². The van der Waals surface area contributed by atoms with Gasteiger partial charge in [-0.05, 0) is 45.5 Å². The molecule has 106 valence electrons. The summed E-state index contributed by atoms with van der Waals surface area (Å²) in [6, 6.07) is 4.57. The van der Waals surface area contributed by atoms with Crippen molar-refractivity contribution in [2.75, 3.05) is 25.5 Å². The molecule has 1 rings (SSSR count). The quantitative estimate of drug-likeness (QED) is 0.856. The summed E-state index contributed by atoms with van der Waals surface area (Å²) < 4.78 is 13.3. The normalized spacial score (nSPS) is 11.7. The van der Waals surface area contributed by atoms with E-state index in [9.17, 15) is 14.3 Å². The molecule has 0 spiro atoms. The summed E-state index contributed by atoms with van der Waals surface area (Å²) in [4.78, 5) is 13.5. The van der Waals surface area contributed by atoms with Gasteiger partial charge < -0.3 is 10.4 Å². The third kappa shape index (κ3) is 5.81. The number of aliphatic hydroxyl groups is 1. The van der Waals surface area contributed by atoms with E-state index < -0.39 is 5.60 Å². The lowest BCUT2D eigenvalue weighted by Gasteiger charge is -2.24. The van der Waals surface area contributed by atoms with E-state index in [1.807, 2.05) is 0 Å². The highest BCUT2D eigenvalue weighted by molar-refractivity contribution is 5.92. The standard InChI is InChI=1S/C14H21FN2O2/c1-10-5-6-11(7-12(10)15)16-13(18)8-17(4)9-14(2,3)19/h5-7,19H,8-9H2,1-4H3,(H,16,18). The van der Waals surface area contributed by atoms with Crippen molar-refractivity contribution in [1.82, 2.24) is 4.90 Å². The fourth-order valence-electron chi connectivity index (χ4n) is 1.83. The minimum atomic E-state index is -0.856. The van der Waals surface area contributed by atoms with Gasteiger partial charge in [-0.25, -0.2) is 4.39 Å². The number of carbonyl (C=O) groups excluding carboxylic acids is 1. The molecule has 4 nitrogen and oxygen atoms in total. The molecule has 0 heterocycles. The number of carbonyl (C=O) groups is 1. The summed E-state index contributed by atoms with van der Waals surface area (Å²) in [6.07, 6.45) is 0. The molecule has 0 radical (unpaired) electrons. The van der Waals surface area contributed by atoms with Crippen LogP contribution in [0.25, 0.3) is 0 Å². The van der Waals surface area contributed by atoms with Crippen LogP contribution in [-0.2, 0) is 4.79 Å². The van der Waals surface area contributed by atoms with E-state index in [-0.39, 0.29) is 18.3 Å². The Morgan fingerprint density at radius 1 is 1.47 bits per heavy atom. The van der Waals surface area contributed by atoms with Crippen molar-refractivity contribution in [3.05, 3.63) is 29.6 Å². The Morgan fingerprint density at radius 2 is 2.11 bits per heavy atom. The first-order valence-corrected chi connectivity index (χ1v) is 6.14. The van der Waals surface area contributed by atoms with Gasteiger partial charge in [-0.2, -0.15) is 0 Å². The summed E-state index contributed by atoms with van der Waals surface area (Å²) in [6.45, 7) is 5.54. The van der Waals surface area contributed by atoms with Crippen LogP contribution in [0.15, 0.2) is 18.2 Å². The molecule has 1 amide bonds. The lowest BCUT2D eigenvalue weighted by Crippen LogP contribution is -2.40. The van der Waals surface area contributed by atoms with Crippen molar-refractivity contribution in [3.8, 4) is 0 Å². The van der Waals surface area contributed by atoms with Crippen molar-refractivity contribution in [2.24, 2.45) is 0 Å². The van der Waals surface area contributed by atoms with E-state index in [0.29, 0.717) is 17.8 Å². The number of amides is 1. The van der Waals surface area contributed by atoms with Crippen LogP contribution in [0.2, 0.25) is 0 Å². The van der Waals surface area contributed by atoms with Crippen LogP contribution in [-0.4, -0.2) is 41.7 Å². The number of halogens is 1. The fraction of sp³-hybridized carbons (Fsp3) is 0.500. The van der Waals surface area contributed by atoms with Gasteiger partial charge in [0.15, 0.2) is 0 Å². The maximum absolute atomic E-state index is 13.3. The highest BCUT2D eigenvalue weighted by atomic mass is 19.1. The Kier molecular flexibility index (Phi) is 5.03. The van der Waals surface area contributed by atoms with Crippen molar-refractivity contribution < 1.29 is 14.3 Å². The summed E-state index contributed by atoms with van der Waals surface area (Å²) in [5.41, 5.74) is 0.118. The number of anilines is 1. The minimum Gasteiger partial charge on any atom is -0.389 e. The highest BCUT2D eigenvalue weighted by Gasteiger charge is 2.17. The number of benzene rings is 1. The molecular weight excluding hydrogens is 247 g/mol. The second-order valence-corrected chi connectivity index (χ2v) is 5.50. The molecule has 0 aliphatic heterocycles. The Balaban J connectivity index is 2.53. The molecule has 5 heteroatoms. The first-order valence-electron chi connectivity index (χ1n) is 6.14. The van der Waals surface area contributed by atoms with Crippen LogP contribution >= 0.6 is 0 Å². The molecule has 19 heavy (non-hydrogen) atoms. The largest absolute Gasteiger partial charge is 0.389 e. The lowest BCUT2D eigenvalue weighted by atomic mass is 10.1. The van der Waals surface area contributed by atoms with Gasteiger partial charge >= 0.3 is 0 Å². The first kappa shape index (κ1) is 15.6. The molecule has 1 aromatic rings. The monoisotopic (exact) mass is 268 g/mol. The Labute approximate surface area is 113 Å². The van der Waals surface area contributed by atoms with Gasteiger partial charge in [0.05, 0.1) is 12.1 Å². The maximum Gasteiger partial charge on any atom is 0.238 e. The van der Waals surface area contributed by atoms with Crippen LogP contribution in [0.4, 0.5) is 10.1 Å². The molecule has 2 N–H and O–H groups in total. The van der Waals surface area contributed by atoms with Crippen LogP contribution < -0.4 is 5.32 Å². The van der Waals surface area contributed by atoms with Crippen molar-refractivity contribution in [3.63, 3.8) is 0 Å². The van der Waals surface area contributed by atoms with Gasteiger partial charge in [-0.1, -0.05) is 6.07 Å². The summed E-state index contributed by atoms with van der Waals surface area (Å²) in [5.74, 6) is -0.586. The molecule has 1 aromatic carbocycles. The molecule has 0 aromatic heterocycles. The van der Waals surface area contributed by atoms with E-state index >= 15 is 0 Å². The summed E-state index contributed by atoms with van der Waals surface area (Å²) in [5, 5.41) is 12.3. The number of hydrogen-bond acceptors (Lipinski definition) is 3. The number of aryl methyl sites for hydroxylation is 1. The van der Waals surface area contributed by atoms with E-state index in [1.54, 1.807) is 44.9 Å². The molecule has 0 aliphatic carbocycles. The average Bonchev–Trinajstić information content (AvgIpc) is 2.20. The molecule has 0 unspecified atom stereocenters. The van der Waals surface area contributed by atoms with E-state index in [1.165, 1.54) is 6.07 Å². The Bertz CT molecular complexity index is 455. The zero-order valence-electron chi connectivity index (χ0n) is 11.8. The summed E-state index contributed by atoms with van der Waals surface area (Å²) >= 11 is 0. The molecule has 0 saturated carbocycles. The third-order valence-corrected chi connectivity index (χ3v) is 2.53. The third-order valence-electron chi connectivity index (χ3n) is 2.53. The zero-order chi connectivity index (χ0) is 14.6. The van der Waals surface area contributed by atoms with Crippen LogP contribution in [0, 0.1) is 12.7 Å². The number of likely N-dealkylation sites (N-methyl/N-ethyl adjacent to an activating group) is 1. The van der Waals surface area contributed by atoms with Gasteiger partial charge in [0.25, 0.3) is 0 Å². The second kappa shape index (κ2) is 6.12. The second-order valence-electron chi connectivity index (χ2n) is 5.50. The van der Waals surface area contributed by atoms with Crippen molar-refractivity contribution in [2.45, 2.75) is 26.4 Å². The number of nitrogens with zero attached hydrogens (tertiary/aromatic N) is 1. The Morgan fingerprint density at radius 3 is 2.63 bits per heavy atom.